The van der Waals surface area contributed by atoms with Gasteiger partial charge in [-0.3, -0.25) is 24.1 Å². The molecule has 2 saturated carbocycles. The van der Waals surface area contributed by atoms with Crippen LogP contribution in [0.15, 0.2) is 58.4 Å². The molecule has 0 spiro atoms. The second-order valence-corrected chi connectivity index (χ2v) is 14.2. The number of alkyl halides is 3. The summed E-state index contributed by atoms with van der Waals surface area (Å²) < 4.78 is 45.3. The zero-order valence-electron chi connectivity index (χ0n) is 23.9. The third-order valence-corrected chi connectivity index (χ3v) is 12.2. The molecule has 10 nitrogen and oxygen atoms in total. The number of amides is 3. The van der Waals surface area contributed by atoms with Crippen molar-refractivity contribution in [3.8, 4) is 5.75 Å². The highest BCUT2D eigenvalue weighted by Crippen LogP contribution is 2.69. The molecule has 1 aromatic heterocycles. The van der Waals surface area contributed by atoms with Gasteiger partial charge in [0, 0.05) is 27.3 Å². The van der Waals surface area contributed by atoms with Crippen molar-refractivity contribution < 1.29 is 42.2 Å². The number of imide groups is 1. The second-order valence-electron chi connectivity index (χ2n) is 12.0. The molecule has 4 aliphatic rings. The molecule has 15 heteroatoms. The van der Waals surface area contributed by atoms with Crippen molar-refractivity contribution in [2.45, 2.75) is 41.8 Å². The summed E-state index contributed by atoms with van der Waals surface area (Å²) in [6.07, 6.45) is -3.97. The number of anilines is 1. The van der Waals surface area contributed by atoms with Crippen LogP contribution >= 0.6 is 23.1 Å². The zero-order valence-corrected chi connectivity index (χ0v) is 25.6. The van der Waals surface area contributed by atoms with E-state index in [1.165, 1.54) is 30.8 Å². The molecule has 3 amide bonds. The fourth-order valence-corrected chi connectivity index (χ4v) is 10.7. The number of thiazole rings is 1. The maximum absolute atomic E-state index is 13.6. The topological polar surface area (TPSA) is 146 Å². The molecule has 1 saturated heterocycles. The predicted molar refractivity (Wildman–Crippen MR) is 159 cm³/mol. The van der Waals surface area contributed by atoms with E-state index in [9.17, 15) is 42.3 Å². The number of aromatic amines is 1. The number of hydrogen-bond donors (Lipinski definition) is 3. The Kier molecular flexibility index (Phi) is 7.31. The number of para-hydroxylation sites is 1. The van der Waals surface area contributed by atoms with Crippen LogP contribution in [0.3, 0.4) is 0 Å². The van der Waals surface area contributed by atoms with E-state index in [1.807, 2.05) is 6.07 Å². The molecule has 7 unspecified atom stereocenters. The van der Waals surface area contributed by atoms with Crippen LogP contribution in [0.2, 0.25) is 0 Å². The molecule has 2 aliphatic carbocycles. The smallest absolute Gasteiger partial charge is 0.416 e. The number of carboxylic acid groups (broad SMARTS) is 1. The first kappa shape index (κ1) is 30.5. The maximum Gasteiger partial charge on any atom is 0.416 e. The first-order valence-corrected chi connectivity index (χ1v) is 16.2. The minimum atomic E-state index is -4.57. The van der Waals surface area contributed by atoms with Crippen molar-refractivity contribution in [2.75, 3.05) is 11.9 Å². The van der Waals surface area contributed by atoms with Gasteiger partial charge in [-0.1, -0.05) is 35.6 Å². The zero-order chi connectivity index (χ0) is 32.7. The number of aliphatic carboxylic acids is 1. The maximum atomic E-state index is 13.6. The summed E-state index contributed by atoms with van der Waals surface area (Å²) in [7, 11) is 0. The minimum Gasteiger partial charge on any atom is -0.483 e. The number of carbonyl (C=O) groups is 4. The Morgan fingerprint density at radius 1 is 1.09 bits per heavy atom. The van der Waals surface area contributed by atoms with Gasteiger partial charge in [0.25, 0.3) is 5.91 Å². The van der Waals surface area contributed by atoms with Crippen LogP contribution in [0, 0.1) is 29.6 Å². The number of nitrogens with zero attached hydrogens (tertiary/aromatic N) is 1. The lowest BCUT2D eigenvalue weighted by atomic mass is 9.68. The Labute approximate surface area is 267 Å². The molecule has 0 radical (unpaired) electrons. The van der Waals surface area contributed by atoms with Gasteiger partial charge in [-0.05, 0) is 55.4 Å². The third kappa shape index (κ3) is 4.82. The quantitative estimate of drug-likeness (QED) is 0.313. The van der Waals surface area contributed by atoms with Crippen LogP contribution in [0.4, 0.5) is 18.9 Å². The fraction of sp³-hybridized carbons (Fsp3) is 0.387. The van der Waals surface area contributed by atoms with E-state index in [4.69, 9.17) is 4.74 Å². The molecule has 2 aromatic carbocycles. The number of ether oxygens (including phenoxy) is 1. The molecule has 3 N–H and O–H groups in total. The van der Waals surface area contributed by atoms with Crippen molar-refractivity contribution in [3.63, 3.8) is 0 Å². The summed E-state index contributed by atoms with van der Waals surface area (Å²) in [4.78, 5) is 68.5. The number of nitrogens with one attached hydrogen (secondary N) is 2. The Morgan fingerprint density at radius 2 is 1.80 bits per heavy atom. The SMILES string of the molecule is CC(C(=O)O)N1C(=O)C2C3CC(C2C1=O)C1C3Sc2[nH]c(=O)sc2[C@@H]1c1ccccc1OCC(=O)Nc1cccc(C(F)(F)F)c1. The Balaban J connectivity index is 1.19. The molecule has 46 heavy (non-hydrogen) atoms. The predicted octanol–water partition coefficient (Wildman–Crippen LogP) is 4.42. The molecular weight excluding hydrogens is 647 g/mol. The van der Waals surface area contributed by atoms with Gasteiger partial charge in [-0.2, -0.15) is 13.2 Å². The molecule has 3 aromatic rings. The van der Waals surface area contributed by atoms with Gasteiger partial charge in [0.05, 0.1) is 22.4 Å². The number of H-pyrrole nitrogens is 1. The minimum absolute atomic E-state index is 0.0378. The monoisotopic (exact) mass is 673 g/mol. The first-order chi connectivity index (χ1) is 21.8. The summed E-state index contributed by atoms with van der Waals surface area (Å²) in [6, 6.07) is 9.95. The second kappa shape index (κ2) is 11.0. The summed E-state index contributed by atoms with van der Waals surface area (Å²) in [6.45, 7) is 0.815. The summed E-state index contributed by atoms with van der Waals surface area (Å²) >= 11 is 2.52. The Morgan fingerprint density at radius 3 is 2.52 bits per heavy atom. The largest absolute Gasteiger partial charge is 0.483 e. The molecule has 2 aliphatic heterocycles. The van der Waals surface area contributed by atoms with Gasteiger partial charge in [0.15, 0.2) is 6.61 Å². The summed E-state index contributed by atoms with van der Waals surface area (Å²) in [5.74, 6) is -4.96. The van der Waals surface area contributed by atoms with E-state index in [1.54, 1.807) is 18.2 Å². The van der Waals surface area contributed by atoms with E-state index in [-0.39, 0.29) is 33.6 Å². The van der Waals surface area contributed by atoms with E-state index in [0.29, 0.717) is 22.8 Å². The number of hydrogen-bond acceptors (Lipinski definition) is 8. The molecule has 3 fully saturated rings. The van der Waals surface area contributed by atoms with Crippen LogP contribution in [0.5, 0.6) is 5.75 Å². The molecule has 240 valence electrons. The number of carboxylic acids is 1. The molecule has 2 bridgehead atoms. The summed E-state index contributed by atoms with van der Waals surface area (Å²) in [5, 5.41) is 12.5. The number of thioether (sulfide) groups is 1. The first-order valence-electron chi connectivity index (χ1n) is 14.5. The van der Waals surface area contributed by atoms with Gasteiger partial charge in [0.1, 0.15) is 11.8 Å². The van der Waals surface area contributed by atoms with Crippen molar-refractivity contribution in [3.05, 3.63) is 74.2 Å². The number of halogens is 3. The average Bonchev–Trinajstić information content (AvgIpc) is 3.74. The number of aromatic nitrogens is 1. The van der Waals surface area contributed by atoms with Crippen LogP contribution < -0.4 is 14.9 Å². The van der Waals surface area contributed by atoms with Crippen molar-refractivity contribution in [1.29, 1.82) is 0 Å². The van der Waals surface area contributed by atoms with Gasteiger partial charge in [-0.15, -0.1) is 11.8 Å². The number of fused-ring (bicyclic) bond motifs is 9. The lowest BCUT2D eigenvalue weighted by Gasteiger charge is -2.43. The molecule has 7 rings (SSSR count). The van der Waals surface area contributed by atoms with Gasteiger partial charge in [0.2, 0.25) is 11.8 Å². The molecule has 3 heterocycles. The normalized spacial score (nSPS) is 28.4. The van der Waals surface area contributed by atoms with E-state index in [2.05, 4.69) is 10.3 Å². The van der Waals surface area contributed by atoms with Gasteiger partial charge in [-0.25, -0.2) is 4.79 Å². The van der Waals surface area contributed by atoms with E-state index in [0.717, 1.165) is 33.2 Å². The van der Waals surface area contributed by atoms with Gasteiger partial charge >= 0.3 is 17.0 Å². The van der Waals surface area contributed by atoms with Crippen LogP contribution in [-0.4, -0.2) is 56.6 Å². The Hall–Kier alpha value is -4.11. The lowest BCUT2D eigenvalue weighted by molar-refractivity contribution is -0.154. The molecular formula is C31H26F3N3O7S2. The number of benzene rings is 2. The van der Waals surface area contributed by atoms with Crippen molar-refractivity contribution >= 4 is 52.5 Å². The number of likely N-dealkylation sites (tertiary alicyclic amines) is 1. The fourth-order valence-electron chi connectivity index (χ4n) is 7.86. The highest BCUT2D eigenvalue weighted by molar-refractivity contribution is 8.00. The molecule has 8 atom stereocenters. The third-order valence-electron chi connectivity index (χ3n) is 9.59. The van der Waals surface area contributed by atoms with Crippen molar-refractivity contribution in [1.82, 2.24) is 9.88 Å². The lowest BCUT2D eigenvalue weighted by Crippen LogP contribution is -2.44. The highest BCUT2D eigenvalue weighted by atomic mass is 32.2. The van der Waals surface area contributed by atoms with Gasteiger partial charge < -0.3 is 20.1 Å². The highest BCUT2D eigenvalue weighted by Gasteiger charge is 2.70. The Bertz CT molecular complexity index is 1840. The van der Waals surface area contributed by atoms with Crippen LogP contribution in [0.25, 0.3) is 0 Å². The standard InChI is InChI=1S/C31H26F3N3O7S2/c1-12(29(41)42)37-27(39)22-16-10-17(23(22)28(37)40)24-21(16)20(25-26(45-24)36-30(43)46-25)15-7-2-3-8-18(15)44-11-19(38)35-14-6-4-5-13(9-14)31(32,33)34/h2-9,12,16-17,20-24H,10-11H2,1H3,(H,35,38)(H,36,43)(H,41,42)/t12?,16?,17?,20-,21?,22?,23?,24?/m1/s1. The van der Waals surface area contributed by atoms with E-state index < -0.39 is 65.8 Å². The average molecular weight is 674 g/mol. The summed E-state index contributed by atoms with van der Waals surface area (Å²) in [5.41, 5.74) is -0.277. The number of carbonyl (C=O) groups excluding carboxylic acids is 3. The van der Waals surface area contributed by atoms with E-state index >= 15 is 0 Å². The van der Waals surface area contributed by atoms with Crippen LogP contribution in [0.1, 0.15) is 35.3 Å². The number of rotatable bonds is 7. The van der Waals surface area contributed by atoms with Crippen molar-refractivity contribution in [2.24, 2.45) is 29.6 Å². The van der Waals surface area contributed by atoms with Crippen LogP contribution in [-0.2, 0) is 25.4 Å².